The Morgan fingerprint density at radius 2 is 2.05 bits per heavy atom. The Labute approximate surface area is 112 Å². The molecule has 3 nitrogen and oxygen atoms in total. The number of nitrogens with zero attached hydrogens (tertiary/aromatic N) is 1. The molecule has 0 spiro atoms. The molecule has 0 amide bonds. The molecule has 106 valence electrons. The minimum Gasteiger partial charge on any atom is -0.383 e. The summed E-state index contributed by atoms with van der Waals surface area (Å²) < 4.78 is 31.4. The predicted octanol–water partition coefficient (Wildman–Crippen LogP) is 2.51. The van der Waals surface area contributed by atoms with Crippen LogP contribution < -0.4 is 0 Å². The summed E-state index contributed by atoms with van der Waals surface area (Å²) in [5.74, 6) is -2.43. The summed E-state index contributed by atoms with van der Waals surface area (Å²) in [6.45, 7) is 4.56. The second-order valence-electron chi connectivity index (χ2n) is 4.20. The SMILES string of the molecule is CCN(CCOC)CCC(=O)c1cccc(F)c1F. The third-order valence-electron chi connectivity index (χ3n) is 2.97. The Balaban J connectivity index is 2.57. The van der Waals surface area contributed by atoms with Crippen molar-refractivity contribution in [3.8, 4) is 0 Å². The maximum absolute atomic E-state index is 13.4. The van der Waals surface area contributed by atoms with Gasteiger partial charge in [0.25, 0.3) is 0 Å². The highest BCUT2D eigenvalue weighted by molar-refractivity contribution is 5.96. The minimum absolute atomic E-state index is 0.165. The number of halogens is 2. The van der Waals surface area contributed by atoms with E-state index >= 15 is 0 Å². The molecule has 0 aliphatic rings. The second-order valence-corrected chi connectivity index (χ2v) is 4.20. The molecule has 0 saturated heterocycles. The molecule has 0 aliphatic heterocycles. The summed E-state index contributed by atoms with van der Waals surface area (Å²) in [4.78, 5) is 13.9. The summed E-state index contributed by atoms with van der Waals surface area (Å²) in [6, 6.07) is 3.66. The number of likely N-dealkylation sites (N-methyl/N-ethyl adjacent to an activating group) is 1. The van der Waals surface area contributed by atoms with Gasteiger partial charge in [-0.2, -0.15) is 0 Å². The molecule has 1 aromatic rings. The Bertz CT molecular complexity index is 424. The highest BCUT2D eigenvalue weighted by atomic mass is 19.2. The number of hydrogen-bond donors (Lipinski definition) is 0. The third-order valence-corrected chi connectivity index (χ3v) is 2.97. The Hall–Kier alpha value is -1.33. The zero-order valence-electron chi connectivity index (χ0n) is 11.3. The second kappa shape index (κ2) is 7.96. The van der Waals surface area contributed by atoms with Crippen molar-refractivity contribution in [3.05, 3.63) is 35.4 Å². The zero-order valence-corrected chi connectivity index (χ0v) is 11.3. The van der Waals surface area contributed by atoms with Crippen molar-refractivity contribution in [3.63, 3.8) is 0 Å². The molecule has 0 aromatic heterocycles. The van der Waals surface area contributed by atoms with Crippen LogP contribution in [0, 0.1) is 11.6 Å². The van der Waals surface area contributed by atoms with Crippen molar-refractivity contribution >= 4 is 5.78 Å². The van der Waals surface area contributed by atoms with E-state index in [1.165, 1.54) is 12.1 Å². The number of ketones is 1. The molecule has 0 N–H and O–H groups in total. The van der Waals surface area contributed by atoms with Crippen molar-refractivity contribution in [2.24, 2.45) is 0 Å². The lowest BCUT2D eigenvalue weighted by Gasteiger charge is -2.19. The Morgan fingerprint density at radius 3 is 2.68 bits per heavy atom. The van der Waals surface area contributed by atoms with Crippen molar-refractivity contribution in [2.75, 3.05) is 33.4 Å². The topological polar surface area (TPSA) is 29.5 Å². The van der Waals surface area contributed by atoms with Gasteiger partial charge in [-0.05, 0) is 18.7 Å². The van der Waals surface area contributed by atoms with E-state index < -0.39 is 11.6 Å². The van der Waals surface area contributed by atoms with Crippen LogP contribution >= 0.6 is 0 Å². The number of Topliss-reactive ketones (excluding diaryl/α,β-unsaturated/α-hetero) is 1. The monoisotopic (exact) mass is 271 g/mol. The van der Waals surface area contributed by atoms with Crippen LogP contribution in [0.15, 0.2) is 18.2 Å². The van der Waals surface area contributed by atoms with Crippen molar-refractivity contribution in [1.29, 1.82) is 0 Å². The molecular weight excluding hydrogens is 252 g/mol. The van der Waals surface area contributed by atoms with Gasteiger partial charge < -0.3 is 9.64 Å². The largest absolute Gasteiger partial charge is 0.383 e. The van der Waals surface area contributed by atoms with Gasteiger partial charge in [-0.15, -0.1) is 0 Å². The van der Waals surface area contributed by atoms with Gasteiger partial charge in [-0.25, -0.2) is 8.78 Å². The molecule has 19 heavy (non-hydrogen) atoms. The third kappa shape index (κ3) is 4.69. The fourth-order valence-corrected chi connectivity index (χ4v) is 1.76. The summed E-state index contributed by atoms with van der Waals surface area (Å²) in [7, 11) is 1.61. The van der Waals surface area contributed by atoms with Crippen LogP contribution in [0.1, 0.15) is 23.7 Å². The Kier molecular flexibility index (Phi) is 6.59. The number of hydrogen-bond acceptors (Lipinski definition) is 3. The van der Waals surface area contributed by atoms with Gasteiger partial charge in [-0.1, -0.05) is 13.0 Å². The lowest BCUT2D eigenvalue weighted by molar-refractivity contribution is 0.0947. The maximum atomic E-state index is 13.4. The quantitative estimate of drug-likeness (QED) is 0.680. The molecule has 0 bridgehead atoms. The molecule has 5 heteroatoms. The van der Waals surface area contributed by atoms with Gasteiger partial charge in [0.2, 0.25) is 0 Å². The van der Waals surface area contributed by atoms with Crippen LogP contribution in [0.4, 0.5) is 8.78 Å². The lowest BCUT2D eigenvalue weighted by Crippen LogP contribution is -2.29. The number of benzene rings is 1. The summed E-state index contributed by atoms with van der Waals surface area (Å²) in [6.07, 6.45) is 0.165. The molecular formula is C14H19F2NO2. The molecule has 0 saturated carbocycles. The first-order valence-corrected chi connectivity index (χ1v) is 6.28. The fraction of sp³-hybridized carbons (Fsp3) is 0.500. The number of carbonyl (C=O) groups excluding carboxylic acids is 1. The highest BCUT2D eigenvalue weighted by Crippen LogP contribution is 2.13. The molecule has 0 unspecified atom stereocenters. The van der Waals surface area contributed by atoms with Crippen molar-refractivity contribution in [2.45, 2.75) is 13.3 Å². The highest BCUT2D eigenvalue weighted by Gasteiger charge is 2.15. The summed E-state index contributed by atoms with van der Waals surface area (Å²) >= 11 is 0. The van der Waals surface area contributed by atoms with Crippen LogP contribution in [0.25, 0.3) is 0 Å². The first kappa shape index (κ1) is 15.7. The van der Waals surface area contributed by atoms with Crippen molar-refractivity contribution in [1.82, 2.24) is 4.90 Å². The van der Waals surface area contributed by atoms with Crippen LogP contribution in [-0.4, -0.2) is 44.0 Å². The number of ether oxygens (including phenoxy) is 1. The fourth-order valence-electron chi connectivity index (χ4n) is 1.76. The van der Waals surface area contributed by atoms with Crippen LogP contribution in [0.5, 0.6) is 0 Å². The van der Waals surface area contributed by atoms with Crippen LogP contribution in [0.3, 0.4) is 0 Å². The summed E-state index contributed by atoms with van der Waals surface area (Å²) in [5.41, 5.74) is -0.178. The van der Waals surface area contributed by atoms with Gasteiger partial charge >= 0.3 is 0 Å². The zero-order chi connectivity index (χ0) is 14.3. The first-order chi connectivity index (χ1) is 9.10. The maximum Gasteiger partial charge on any atom is 0.169 e. The van der Waals surface area contributed by atoms with Gasteiger partial charge in [0.1, 0.15) is 0 Å². The summed E-state index contributed by atoms with van der Waals surface area (Å²) in [5, 5.41) is 0. The average molecular weight is 271 g/mol. The van der Waals surface area contributed by atoms with Crippen molar-refractivity contribution < 1.29 is 18.3 Å². The van der Waals surface area contributed by atoms with Gasteiger partial charge in [0, 0.05) is 26.6 Å². The normalized spacial score (nSPS) is 11.0. The van der Waals surface area contributed by atoms with E-state index in [4.69, 9.17) is 4.74 Å². The number of methoxy groups -OCH3 is 1. The van der Waals surface area contributed by atoms with E-state index in [1.807, 2.05) is 11.8 Å². The molecule has 1 aromatic carbocycles. The molecule has 1 rings (SSSR count). The van der Waals surface area contributed by atoms with E-state index in [0.29, 0.717) is 19.7 Å². The van der Waals surface area contributed by atoms with E-state index in [1.54, 1.807) is 7.11 Å². The number of carbonyl (C=O) groups is 1. The van der Waals surface area contributed by atoms with E-state index in [2.05, 4.69) is 0 Å². The van der Waals surface area contributed by atoms with E-state index in [0.717, 1.165) is 12.6 Å². The standard InChI is InChI=1S/C14H19F2NO2/c1-3-17(9-10-19-2)8-7-13(18)11-5-4-6-12(15)14(11)16/h4-6H,3,7-10H2,1-2H3. The average Bonchev–Trinajstić information content (AvgIpc) is 2.42. The Morgan fingerprint density at radius 1 is 1.32 bits per heavy atom. The van der Waals surface area contributed by atoms with Gasteiger partial charge in [0.05, 0.1) is 12.2 Å². The van der Waals surface area contributed by atoms with E-state index in [9.17, 15) is 13.6 Å². The molecule has 0 atom stereocenters. The van der Waals surface area contributed by atoms with Gasteiger partial charge in [-0.3, -0.25) is 4.79 Å². The molecule has 0 aliphatic carbocycles. The molecule has 0 radical (unpaired) electrons. The number of rotatable bonds is 8. The molecule has 0 fully saturated rings. The van der Waals surface area contributed by atoms with Gasteiger partial charge in [0.15, 0.2) is 17.4 Å². The van der Waals surface area contributed by atoms with E-state index in [-0.39, 0.29) is 17.8 Å². The minimum atomic E-state index is -1.06. The predicted molar refractivity (Wildman–Crippen MR) is 69.3 cm³/mol. The lowest BCUT2D eigenvalue weighted by atomic mass is 10.1. The van der Waals surface area contributed by atoms with Crippen LogP contribution in [-0.2, 0) is 4.74 Å². The van der Waals surface area contributed by atoms with Crippen LogP contribution in [0.2, 0.25) is 0 Å². The first-order valence-electron chi connectivity index (χ1n) is 6.28. The molecule has 0 heterocycles. The smallest absolute Gasteiger partial charge is 0.169 e.